The molecular weight excluding hydrogens is 216 g/mol. The first-order valence-corrected chi connectivity index (χ1v) is 6.23. The van der Waals surface area contributed by atoms with Gasteiger partial charge in [-0.1, -0.05) is 13.8 Å². The molecule has 0 atom stereocenters. The molecule has 0 fully saturated rings. The van der Waals surface area contributed by atoms with Gasteiger partial charge in [0.25, 0.3) is 0 Å². The summed E-state index contributed by atoms with van der Waals surface area (Å²) in [5, 5.41) is 4.23. The van der Waals surface area contributed by atoms with Crippen LogP contribution in [-0.2, 0) is 23.0 Å². The fourth-order valence-corrected chi connectivity index (χ4v) is 2.09. The van der Waals surface area contributed by atoms with Gasteiger partial charge in [0.15, 0.2) is 5.78 Å². The summed E-state index contributed by atoms with van der Waals surface area (Å²) in [6.45, 7) is 6.48. The van der Waals surface area contributed by atoms with Gasteiger partial charge < -0.3 is 4.74 Å². The van der Waals surface area contributed by atoms with Crippen molar-refractivity contribution in [1.82, 2.24) is 9.78 Å². The quantitative estimate of drug-likeness (QED) is 0.731. The first-order valence-electron chi connectivity index (χ1n) is 6.23. The second-order valence-corrected chi connectivity index (χ2v) is 4.22. The van der Waals surface area contributed by atoms with Crippen LogP contribution in [0.2, 0.25) is 0 Å². The number of aryl methyl sites for hydroxylation is 1. The van der Waals surface area contributed by atoms with E-state index in [1.165, 1.54) is 0 Å². The molecule has 0 saturated heterocycles. The Bertz CT molecular complexity index is 367. The third kappa shape index (κ3) is 3.16. The molecule has 1 heterocycles. The predicted octanol–water partition coefficient (Wildman–Crippen LogP) is 2.13. The summed E-state index contributed by atoms with van der Waals surface area (Å²) >= 11 is 0. The molecule has 4 nitrogen and oxygen atoms in total. The first-order chi connectivity index (χ1) is 8.07. The zero-order chi connectivity index (χ0) is 12.9. The van der Waals surface area contributed by atoms with Crippen LogP contribution in [-0.4, -0.2) is 27.8 Å². The van der Waals surface area contributed by atoms with E-state index < -0.39 is 5.60 Å². The monoisotopic (exact) mass is 238 g/mol. The molecular formula is C13H22N2O2. The highest BCUT2D eigenvalue weighted by atomic mass is 16.5. The molecule has 0 aliphatic heterocycles. The lowest BCUT2D eigenvalue weighted by Crippen LogP contribution is -2.41. The van der Waals surface area contributed by atoms with Crippen molar-refractivity contribution in [3.05, 3.63) is 18.0 Å². The third-order valence-electron chi connectivity index (χ3n) is 3.18. The van der Waals surface area contributed by atoms with Gasteiger partial charge in [-0.25, -0.2) is 0 Å². The average molecular weight is 238 g/mol. The van der Waals surface area contributed by atoms with Crippen LogP contribution in [0.25, 0.3) is 0 Å². The van der Waals surface area contributed by atoms with E-state index in [4.69, 9.17) is 4.74 Å². The number of ketones is 1. The van der Waals surface area contributed by atoms with E-state index in [0.29, 0.717) is 25.9 Å². The molecule has 4 heteroatoms. The van der Waals surface area contributed by atoms with Crippen molar-refractivity contribution in [3.8, 4) is 0 Å². The van der Waals surface area contributed by atoms with Crippen molar-refractivity contribution >= 4 is 5.78 Å². The molecule has 0 amide bonds. The van der Waals surface area contributed by atoms with Crippen molar-refractivity contribution in [1.29, 1.82) is 0 Å². The van der Waals surface area contributed by atoms with Crippen molar-refractivity contribution in [3.63, 3.8) is 0 Å². The van der Waals surface area contributed by atoms with Gasteiger partial charge in [0.05, 0.1) is 12.1 Å². The lowest BCUT2D eigenvalue weighted by Gasteiger charge is -2.29. The van der Waals surface area contributed by atoms with Crippen molar-refractivity contribution < 1.29 is 9.53 Å². The maximum absolute atomic E-state index is 12.3. The van der Waals surface area contributed by atoms with E-state index in [9.17, 15) is 4.79 Å². The molecule has 0 N–H and O–H groups in total. The third-order valence-corrected chi connectivity index (χ3v) is 3.18. The molecule has 0 aliphatic carbocycles. The Hall–Kier alpha value is -1.16. The molecule has 0 saturated carbocycles. The van der Waals surface area contributed by atoms with Crippen molar-refractivity contribution in [2.45, 2.75) is 45.6 Å². The van der Waals surface area contributed by atoms with Crippen LogP contribution >= 0.6 is 0 Å². The van der Waals surface area contributed by atoms with E-state index in [1.54, 1.807) is 4.68 Å². The highest BCUT2D eigenvalue weighted by Gasteiger charge is 2.35. The van der Waals surface area contributed by atoms with Crippen LogP contribution in [0, 0.1) is 0 Å². The highest BCUT2D eigenvalue weighted by Crippen LogP contribution is 2.23. The number of Topliss-reactive ketones (excluding diaryl/α,β-unsaturated/α-hetero) is 1. The molecule has 96 valence electrons. The Morgan fingerprint density at radius 2 is 2.06 bits per heavy atom. The predicted molar refractivity (Wildman–Crippen MR) is 66.9 cm³/mol. The summed E-state index contributed by atoms with van der Waals surface area (Å²) in [5.74, 6) is 0.128. The number of ether oxygens (including phenoxy) is 1. The number of rotatable bonds is 7. The number of carbonyl (C=O) groups excluding carboxylic acids is 1. The summed E-state index contributed by atoms with van der Waals surface area (Å²) in [6.07, 6.45) is 3.62. The topological polar surface area (TPSA) is 44.1 Å². The van der Waals surface area contributed by atoms with Gasteiger partial charge in [-0.2, -0.15) is 5.10 Å². The van der Waals surface area contributed by atoms with Gasteiger partial charge in [-0.3, -0.25) is 9.48 Å². The fraction of sp³-hybridized carbons (Fsp3) is 0.692. The van der Waals surface area contributed by atoms with Crippen molar-refractivity contribution in [2.75, 3.05) is 6.61 Å². The number of hydrogen-bond acceptors (Lipinski definition) is 3. The Morgan fingerprint density at radius 1 is 1.41 bits per heavy atom. The molecule has 1 aromatic heterocycles. The number of nitrogens with zero attached hydrogens (tertiary/aromatic N) is 2. The standard InChI is InChI=1S/C13H22N2O2/c1-5-13(6-2,17-7-3)12(16)10-11-8-9-15(4)14-11/h8-9H,5-7,10H2,1-4H3. The summed E-state index contributed by atoms with van der Waals surface area (Å²) in [6, 6.07) is 1.87. The van der Waals surface area contributed by atoms with E-state index in [-0.39, 0.29) is 5.78 Å². The van der Waals surface area contributed by atoms with Gasteiger partial charge in [-0.15, -0.1) is 0 Å². The molecule has 0 radical (unpaired) electrons. The van der Waals surface area contributed by atoms with E-state index in [2.05, 4.69) is 5.10 Å². The molecule has 0 spiro atoms. The Kier molecular flexibility index (Phi) is 4.87. The maximum Gasteiger partial charge on any atom is 0.170 e. The van der Waals surface area contributed by atoms with Gasteiger partial charge in [-0.05, 0) is 25.8 Å². The highest BCUT2D eigenvalue weighted by molar-refractivity contribution is 5.88. The minimum absolute atomic E-state index is 0.128. The second kappa shape index (κ2) is 5.96. The summed E-state index contributed by atoms with van der Waals surface area (Å²) in [7, 11) is 1.85. The lowest BCUT2D eigenvalue weighted by atomic mass is 9.89. The Morgan fingerprint density at radius 3 is 2.47 bits per heavy atom. The minimum atomic E-state index is -0.633. The molecule has 0 aromatic carbocycles. The van der Waals surface area contributed by atoms with E-state index >= 15 is 0 Å². The Labute approximate surface area is 103 Å². The molecule has 1 aromatic rings. The van der Waals surface area contributed by atoms with Gasteiger partial charge >= 0.3 is 0 Å². The van der Waals surface area contributed by atoms with Crippen LogP contribution < -0.4 is 0 Å². The molecule has 0 unspecified atom stereocenters. The lowest BCUT2D eigenvalue weighted by molar-refractivity contribution is -0.144. The van der Waals surface area contributed by atoms with E-state index in [1.807, 2.05) is 40.1 Å². The Balaban J connectivity index is 2.78. The first kappa shape index (κ1) is 13.9. The normalized spacial score (nSPS) is 11.8. The van der Waals surface area contributed by atoms with Gasteiger partial charge in [0.2, 0.25) is 0 Å². The van der Waals surface area contributed by atoms with Crippen LogP contribution in [0.15, 0.2) is 12.3 Å². The SMILES string of the molecule is CCOC(CC)(CC)C(=O)Cc1ccn(C)n1. The number of hydrogen-bond donors (Lipinski definition) is 0. The molecule has 0 bridgehead atoms. The molecule has 0 aliphatic rings. The summed E-state index contributed by atoms with van der Waals surface area (Å²) in [4.78, 5) is 12.3. The summed E-state index contributed by atoms with van der Waals surface area (Å²) in [5.41, 5.74) is 0.176. The summed E-state index contributed by atoms with van der Waals surface area (Å²) < 4.78 is 7.40. The largest absolute Gasteiger partial charge is 0.368 e. The van der Waals surface area contributed by atoms with E-state index in [0.717, 1.165) is 5.69 Å². The van der Waals surface area contributed by atoms with Crippen LogP contribution in [0.1, 0.15) is 39.3 Å². The van der Waals surface area contributed by atoms with Crippen LogP contribution in [0.5, 0.6) is 0 Å². The number of aromatic nitrogens is 2. The second-order valence-electron chi connectivity index (χ2n) is 4.22. The maximum atomic E-state index is 12.3. The van der Waals surface area contributed by atoms with Crippen LogP contribution in [0.3, 0.4) is 0 Å². The zero-order valence-electron chi connectivity index (χ0n) is 11.2. The van der Waals surface area contributed by atoms with Crippen LogP contribution in [0.4, 0.5) is 0 Å². The smallest absolute Gasteiger partial charge is 0.170 e. The minimum Gasteiger partial charge on any atom is -0.368 e. The van der Waals surface area contributed by atoms with Gasteiger partial charge in [0.1, 0.15) is 5.60 Å². The molecule has 17 heavy (non-hydrogen) atoms. The zero-order valence-corrected chi connectivity index (χ0v) is 11.2. The fourth-order valence-electron chi connectivity index (χ4n) is 2.09. The van der Waals surface area contributed by atoms with Crippen molar-refractivity contribution in [2.24, 2.45) is 7.05 Å². The van der Waals surface area contributed by atoms with Gasteiger partial charge in [0, 0.05) is 19.9 Å². The molecule has 1 rings (SSSR count). The average Bonchev–Trinajstić information content (AvgIpc) is 2.71. The number of carbonyl (C=O) groups is 1.